The summed E-state index contributed by atoms with van der Waals surface area (Å²) in [5.41, 5.74) is -0.0390. The monoisotopic (exact) mass is 548 g/mol. The highest BCUT2D eigenvalue weighted by molar-refractivity contribution is 7.92. The van der Waals surface area contributed by atoms with Crippen LogP contribution in [0.25, 0.3) is 22.2 Å². The fraction of sp³-hybridized carbons (Fsp3) is 0. The van der Waals surface area contributed by atoms with Crippen LogP contribution in [0.2, 0.25) is 0 Å². The second kappa shape index (κ2) is 9.88. The van der Waals surface area contributed by atoms with Gasteiger partial charge < -0.3 is 4.42 Å². The second-order valence-electron chi connectivity index (χ2n) is 7.88. The molecule has 11 nitrogen and oxygen atoms in total. The van der Waals surface area contributed by atoms with Gasteiger partial charge in [0.1, 0.15) is 5.58 Å². The number of nitrogens with one attached hydrogen (secondary N) is 2. The molecule has 0 spiro atoms. The van der Waals surface area contributed by atoms with E-state index >= 15 is 0 Å². The predicted molar refractivity (Wildman–Crippen MR) is 142 cm³/mol. The van der Waals surface area contributed by atoms with Crippen molar-refractivity contribution in [1.29, 1.82) is 0 Å². The van der Waals surface area contributed by atoms with E-state index < -0.39 is 26.5 Å². The molecule has 38 heavy (non-hydrogen) atoms. The van der Waals surface area contributed by atoms with Crippen LogP contribution in [0.5, 0.6) is 0 Å². The van der Waals surface area contributed by atoms with Crippen molar-refractivity contribution in [1.82, 2.24) is 4.98 Å². The molecule has 0 saturated heterocycles. The van der Waals surface area contributed by atoms with Crippen molar-refractivity contribution in [2.24, 2.45) is 0 Å². The zero-order valence-electron chi connectivity index (χ0n) is 19.2. The van der Waals surface area contributed by atoms with Gasteiger partial charge in [0.15, 0.2) is 5.13 Å². The Morgan fingerprint density at radius 1 is 1.00 bits per heavy atom. The van der Waals surface area contributed by atoms with Gasteiger partial charge in [-0.2, -0.15) is 0 Å². The summed E-state index contributed by atoms with van der Waals surface area (Å²) in [5.74, 6) is -0.659. The largest absolute Gasteiger partial charge is 0.422 e. The molecule has 3 aromatic carbocycles. The minimum Gasteiger partial charge on any atom is -0.422 e. The van der Waals surface area contributed by atoms with Gasteiger partial charge in [-0.25, -0.2) is 18.2 Å². The Morgan fingerprint density at radius 2 is 1.76 bits per heavy atom. The van der Waals surface area contributed by atoms with Gasteiger partial charge in [-0.15, -0.1) is 11.3 Å². The molecule has 13 heteroatoms. The molecular formula is C25H16N4O7S2. The van der Waals surface area contributed by atoms with Crippen LogP contribution in [-0.4, -0.2) is 24.2 Å². The molecule has 0 atom stereocenters. The fourth-order valence-corrected chi connectivity index (χ4v) is 5.42. The summed E-state index contributed by atoms with van der Waals surface area (Å²) in [7, 11) is -4.25. The normalized spacial score (nSPS) is 11.3. The van der Waals surface area contributed by atoms with Crippen LogP contribution in [-0.2, 0) is 10.0 Å². The highest BCUT2D eigenvalue weighted by Crippen LogP contribution is 2.27. The van der Waals surface area contributed by atoms with Crippen molar-refractivity contribution in [3.63, 3.8) is 0 Å². The molecule has 0 aliphatic carbocycles. The Kier molecular flexibility index (Phi) is 6.45. The average Bonchev–Trinajstić information content (AvgIpc) is 3.36. The highest BCUT2D eigenvalue weighted by Gasteiger charge is 2.21. The minimum absolute atomic E-state index is 0.0107. The topological polar surface area (TPSA) is 162 Å². The lowest BCUT2D eigenvalue weighted by molar-refractivity contribution is -0.385. The summed E-state index contributed by atoms with van der Waals surface area (Å²) in [6.45, 7) is 0. The summed E-state index contributed by atoms with van der Waals surface area (Å²) >= 11 is 1.08. The number of carbonyl (C=O) groups is 1. The van der Waals surface area contributed by atoms with Gasteiger partial charge in [-0.1, -0.05) is 36.4 Å². The van der Waals surface area contributed by atoms with E-state index in [0.717, 1.165) is 17.4 Å². The molecule has 0 radical (unpaired) electrons. The predicted octanol–water partition coefficient (Wildman–Crippen LogP) is 4.88. The second-order valence-corrected chi connectivity index (χ2v) is 10.4. The van der Waals surface area contributed by atoms with Gasteiger partial charge in [0, 0.05) is 22.9 Å². The Hall–Kier alpha value is -4.88. The van der Waals surface area contributed by atoms with Crippen LogP contribution in [0.15, 0.2) is 98.4 Å². The molecule has 0 aliphatic rings. The standard InChI is InChI=1S/C25H16N4O7S2/c30-23(27-25-26-21(14-37-25)19-12-15-6-1-4-11-22(15)36-24(19)31)18-9-2-3-10-20(18)28-38(34,35)17-8-5-7-16(13-17)29(32)33/h1-14,28H,(H,26,27,30). The van der Waals surface area contributed by atoms with Gasteiger partial charge in [0.2, 0.25) is 0 Å². The van der Waals surface area contributed by atoms with E-state index in [1.54, 1.807) is 35.7 Å². The van der Waals surface area contributed by atoms with Gasteiger partial charge in [-0.05, 0) is 30.3 Å². The van der Waals surface area contributed by atoms with Crippen molar-refractivity contribution in [2.75, 3.05) is 10.0 Å². The number of nitro groups is 1. The average molecular weight is 549 g/mol. The number of sulfonamides is 1. The molecular weight excluding hydrogens is 532 g/mol. The van der Waals surface area contributed by atoms with Crippen molar-refractivity contribution in [2.45, 2.75) is 4.90 Å². The molecule has 0 saturated carbocycles. The van der Waals surface area contributed by atoms with Crippen molar-refractivity contribution in [3.8, 4) is 11.3 Å². The first-order chi connectivity index (χ1) is 18.2. The van der Waals surface area contributed by atoms with Crippen LogP contribution in [0.1, 0.15) is 10.4 Å². The number of fused-ring (bicyclic) bond motifs is 1. The number of benzene rings is 3. The fourth-order valence-electron chi connectivity index (χ4n) is 3.60. The van der Waals surface area contributed by atoms with E-state index in [9.17, 15) is 28.1 Å². The number of non-ortho nitro benzene ring substituents is 1. The van der Waals surface area contributed by atoms with Gasteiger partial charge in [0.25, 0.3) is 21.6 Å². The Bertz CT molecular complexity index is 1880. The summed E-state index contributed by atoms with van der Waals surface area (Å²) < 4.78 is 33.4. The molecule has 0 unspecified atom stereocenters. The van der Waals surface area contributed by atoms with Crippen molar-refractivity contribution < 1.29 is 22.6 Å². The number of rotatable bonds is 7. The zero-order chi connectivity index (χ0) is 26.9. The number of anilines is 2. The quantitative estimate of drug-likeness (QED) is 0.165. The van der Waals surface area contributed by atoms with Crippen LogP contribution < -0.4 is 15.7 Å². The maximum absolute atomic E-state index is 13.0. The molecule has 190 valence electrons. The van der Waals surface area contributed by atoms with Crippen LogP contribution in [0, 0.1) is 10.1 Å². The van der Waals surface area contributed by atoms with Crippen molar-refractivity contribution in [3.05, 3.63) is 110 Å². The van der Waals surface area contributed by atoms with E-state index in [1.807, 2.05) is 6.07 Å². The van der Waals surface area contributed by atoms with Crippen LogP contribution in [0.3, 0.4) is 0 Å². The number of hydrogen-bond donors (Lipinski definition) is 2. The maximum Gasteiger partial charge on any atom is 0.345 e. The third-order valence-corrected chi connectivity index (χ3v) is 7.52. The summed E-state index contributed by atoms with van der Waals surface area (Å²) in [4.78, 5) is 39.8. The first-order valence-corrected chi connectivity index (χ1v) is 13.2. The first-order valence-electron chi connectivity index (χ1n) is 10.9. The number of thiazole rings is 1. The zero-order valence-corrected chi connectivity index (χ0v) is 20.8. The number of para-hydroxylation sites is 2. The molecule has 0 bridgehead atoms. The lowest BCUT2D eigenvalue weighted by atomic mass is 10.1. The van der Waals surface area contributed by atoms with Crippen molar-refractivity contribution >= 4 is 54.7 Å². The molecule has 0 fully saturated rings. The van der Waals surface area contributed by atoms with Crippen LogP contribution in [0.4, 0.5) is 16.5 Å². The van der Waals surface area contributed by atoms with E-state index in [-0.39, 0.29) is 32.5 Å². The number of nitrogens with zero attached hydrogens (tertiary/aromatic N) is 2. The Balaban J connectivity index is 1.39. The van der Waals surface area contributed by atoms with Crippen LogP contribution >= 0.6 is 11.3 Å². The summed E-state index contributed by atoms with van der Waals surface area (Å²) in [5, 5.41) is 16.1. The Labute approximate surface area is 218 Å². The number of aromatic nitrogens is 1. The van der Waals surface area contributed by atoms with Gasteiger partial charge in [0.05, 0.1) is 32.3 Å². The van der Waals surface area contributed by atoms with E-state index in [0.29, 0.717) is 16.7 Å². The minimum atomic E-state index is -4.25. The number of nitro benzene ring substituents is 1. The smallest absolute Gasteiger partial charge is 0.345 e. The lowest BCUT2D eigenvalue weighted by Crippen LogP contribution is -2.18. The number of carbonyl (C=O) groups excluding carboxylic acids is 1. The molecule has 5 rings (SSSR count). The van der Waals surface area contributed by atoms with Gasteiger partial charge in [-0.3, -0.25) is 24.9 Å². The molecule has 0 aliphatic heterocycles. The SMILES string of the molecule is O=C(Nc1nc(-c2cc3ccccc3oc2=O)cs1)c1ccccc1NS(=O)(=O)c1cccc([N+](=O)[O-])c1. The molecule has 2 N–H and O–H groups in total. The first kappa shape index (κ1) is 24.8. The number of hydrogen-bond acceptors (Lipinski definition) is 9. The summed E-state index contributed by atoms with van der Waals surface area (Å²) in [6, 6.07) is 19.1. The lowest BCUT2D eigenvalue weighted by Gasteiger charge is -2.12. The molecule has 5 aromatic rings. The Morgan fingerprint density at radius 3 is 2.58 bits per heavy atom. The third-order valence-electron chi connectivity index (χ3n) is 5.40. The van der Waals surface area contributed by atoms with E-state index in [1.165, 1.54) is 36.4 Å². The van der Waals surface area contributed by atoms with E-state index in [2.05, 4.69) is 15.0 Å². The third kappa shape index (κ3) is 5.00. The van der Waals surface area contributed by atoms with Gasteiger partial charge >= 0.3 is 5.63 Å². The molecule has 2 heterocycles. The maximum atomic E-state index is 13.0. The molecule has 2 aromatic heterocycles. The highest BCUT2D eigenvalue weighted by atomic mass is 32.2. The van der Waals surface area contributed by atoms with E-state index in [4.69, 9.17) is 4.42 Å². The number of amides is 1. The summed E-state index contributed by atoms with van der Waals surface area (Å²) in [6.07, 6.45) is 0. The molecule has 1 amide bonds.